The average molecular weight is 872 g/mol. The molecule has 1 saturated heterocycles. The fourth-order valence-electron chi connectivity index (χ4n) is 9.43. The molecule has 3 aliphatic heterocycles. The zero-order chi connectivity index (χ0) is 45.5. The van der Waals surface area contributed by atoms with Crippen molar-refractivity contribution in [3.63, 3.8) is 0 Å². The van der Waals surface area contributed by atoms with Gasteiger partial charge in [0.25, 0.3) is 11.8 Å². The third-order valence-electron chi connectivity index (χ3n) is 13.5. The number of phenolic OH excluding ortho intramolecular Hbond substituents is 1. The minimum Gasteiger partial charge on any atom is -0.508 e. The molecule has 0 radical (unpaired) electrons. The van der Waals surface area contributed by atoms with Crippen molar-refractivity contribution in [3.05, 3.63) is 153 Å². The molecule has 5 heterocycles. The van der Waals surface area contributed by atoms with Gasteiger partial charge in [-0.1, -0.05) is 42.0 Å². The first-order valence-corrected chi connectivity index (χ1v) is 22.1. The van der Waals surface area contributed by atoms with Crippen LogP contribution in [0.4, 0.5) is 16.2 Å². The van der Waals surface area contributed by atoms with Gasteiger partial charge in [0, 0.05) is 93.3 Å². The number of nitrogens with zero attached hydrogens (tertiary/aromatic N) is 7. The van der Waals surface area contributed by atoms with E-state index in [2.05, 4.69) is 35.2 Å². The van der Waals surface area contributed by atoms with Gasteiger partial charge in [-0.3, -0.25) is 19.4 Å². The van der Waals surface area contributed by atoms with Crippen LogP contribution in [0, 0.1) is 32.1 Å². The Morgan fingerprint density at radius 3 is 2.23 bits per heavy atom. The lowest BCUT2D eigenvalue weighted by Crippen LogP contribution is -2.52. The molecular formula is C52H53N7O6. The summed E-state index contributed by atoms with van der Waals surface area (Å²) in [5, 5.41) is 20.1. The van der Waals surface area contributed by atoms with Gasteiger partial charge in [-0.25, -0.2) is 4.79 Å². The van der Waals surface area contributed by atoms with E-state index in [1.54, 1.807) is 51.7 Å². The van der Waals surface area contributed by atoms with E-state index in [0.717, 1.165) is 35.3 Å². The minimum absolute atomic E-state index is 0.0575. The summed E-state index contributed by atoms with van der Waals surface area (Å²) >= 11 is 0. The number of morpholine rings is 1. The van der Waals surface area contributed by atoms with E-state index >= 15 is 9.59 Å². The molecule has 9 rings (SSSR count). The zero-order valence-electron chi connectivity index (χ0n) is 37.5. The maximum Gasteiger partial charge on any atom is 0.415 e. The lowest BCUT2D eigenvalue weighted by Gasteiger charge is -2.41. The number of fused-ring (bicyclic) bond motifs is 2. The number of aromatic nitrogens is 2. The van der Waals surface area contributed by atoms with Gasteiger partial charge in [0.1, 0.15) is 23.3 Å². The number of ether oxygens (including phenoxy) is 2. The number of aromatic hydroxyl groups is 1. The van der Waals surface area contributed by atoms with Crippen LogP contribution in [-0.4, -0.2) is 92.3 Å². The van der Waals surface area contributed by atoms with Crippen LogP contribution in [-0.2, 0) is 44.8 Å². The van der Waals surface area contributed by atoms with Crippen LogP contribution in [0.2, 0.25) is 0 Å². The van der Waals surface area contributed by atoms with E-state index in [-0.39, 0.29) is 30.2 Å². The van der Waals surface area contributed by atoms with Crippen molar-refractivity contribution in [1.29, 1.82) is 5.26 Å². The van der Waals surface area contributed by atoms with Gasteiger partial charge in [0.15, 0.2) is 0 Å². The van der Waals surface area contributed by atoms with Crippen LogP contribution < -0.4 is 9.64 Å². The topological polar surface area (TPSA) is 137 Å². The normalized spacial score (nSPS) is 16.1. The summed E-state index contributed by atoms with van der Waals surface area (Å²) in [5.74, 6) is 0.0639. The predicted octanol–water partition coefficient (Wildman–Crippen LogP) is 7.97. The Bertz CT molecular complexity index is 2850. The molecule has 0 bridgehead atoms. The molecule has 13 heteroatoms. The highest BCUT2D eigenvalue weighted by atomic mass is 16.6. The number of carbonyl (C=O) groups is 3. The summed E-state index contributed by atoms with van der Waals surface area (Å²) < 4.78 is 15.2. The number of hydrogen-bond donors (Lipinski definition) is 1. The van der Waals surface area contributed by atoms with Crippen LogP contribution in [0.5, 0.6) is 11.5 Å². The molecule has 1 N–H and O–H groups in total. The summed E-state index contributed by atoms with van der Waals surface area (Å²) in [4.78, 5) is 52.0. The van der Waals surface area contributed by atoms with E-state index in [9.17, 15) is 15.2 Å². The Labute approximate surface area is 379 Å². The Hall–Kier alpha value is -7.14. The largest absolute Gasteiger partial charge is 0.508 e. The number of carbonyl (C=O) groups excluding carboxylic acids is 3. The molecule has 0 aliphatic carbocycles. The summed E-state index contributed by atoms with van der Waals surface area (Å²) in [6.45, 7) is 10.4. The van der Waals surface area contributed by atoms with E-state index in [0.29, 0.717) is 102 Å². The van der Waals surface area contributed by atoms with Gasteiger partial charge in [-0.05, 0) is 117 Å². The second-order valence-electron chi connectivity index (χ2n) is 17.4. The molecule has 0 saturated carbocycles. The van der Waals surface area contributed by atoms with Crippen LogP contribution in [0.15, 0.2) is 97.1 Å². The van der Waals surface area contributed by atoms with Crippen molar-refractivity contribution in [1.82, 2.24) is 23.8 Å². The van der Waals surface area contributed by atoms with E-state index in [4.69, 9.17) is 9.47 Å². The fraction of sp³-hybridized carbons (Fsp3) is 0.308. The standard InChI is InChI=1S/C52H53N7O6/c1-33-10-16-44(17-11-33)65-52(63)57-19-18-37-25-46(47(26-39(37)30-57)50(61)58-31-38-9-7-6-8-36(38)24-42(58)32-56-20-22-64-23-21-56)49-28-45(34(2)55(49)5)51(62)59(40-12-14-43(60)15-13-40)48-27-41(29-53)54(4)35(48)3/h6-17,25-28,42,60H,18-24,30-32H2,1-5H3/t42-/m0/s1. The van der Waals surface area contributed by atoms with Crippen molar-refractivity contribution in [3.8, 4) is 28.8 Å². The predicted molar refractivity (Wildman–Crippen MR) is 247 cm³/mol. The van der Waals surface area contributed by atoms with Crippen LogP contribution in [0.25, 0.3) is 11.3 Å². The number of rotatable bonds is 8. The molecular weight excluding hydrogens is 819 g/mol. The quantitative estimate of drug-likeness (QED) is 0.163. The Morgan fingerprint density at radius 1 is 0.800 bits per heavy atom. The molecule has 65 heavy (non-hydrogen) atoms. The smallest absolute Gasteiger partial charge is 0.415 e. The number of anilines is 2. The lowest BCUT2D eigenvalue weighted by atomic mass is 9.89. The monoisotopic (exact) mass is 871 g/mol. The third kappa shape index (κ3) is 8.38. The van der Waals surface area contributed by atoms with Gasteiger partial charge in [-0.15, -0.1) is 0 Å². The van der Waals surface area contributed by atoms with E-state index in [1.807, 2.05) is 67.6 Å². The molecule has 6 aromatic rings. The maximum atomic E-state index is 15.6. The molecule has 4 aromatic carbocycles. The Kier molecular flexibility index (Phi) is 11.8. The molecule has 1 atom stereocenters. The summed E-state index contributed by atoms with van der Waals surface area (Å²) in [6.07, 6.45) is 0.790. The highest BCUT2D eigenvalue weighted by Gasteiger charge is 2.36. The number of amides is 3. The first-order valence-electron chi connectivity index (χ1n) is 22.1. The van der Waals surface area contributed by atoms with Gasteiger partial charge in [-0.2, -0.15) is 5.26 Å². The molecule has 0 spiro atoms. The van der Waals surface area contributed by atoms with E-state index in [1.165, 1.54) is 17.7 Å². The zero-order valence-corrected chi connectivity index (χ0v) is 37.5. The number of benzene rings is 4. The van der Waals surface area contributed by atoms with Gasteiger partial charge in [0.2, 0.25) is 0 Å². The van der Waals surface area contributed by atoms with Crippen LogP contribution >= 0.6 is 0 Å². The Morgan fingerprint density at radius 2 is 1.52 bits per heavy atom. The van der Waals surface area contributed by atoms with Gasteiger partial charge in [0.05, 0.1) is 24.5 Å². The molecule has 1 fully saturated rings. The summed E-state index contributed by atoms with van der Waals surface area (Å²) in [7, 11) is 3.69. The summed E-state index contributed by atoms with van der Waals surface area (Å²) in [6, 6.07) is 31.8. The summed E-state index contributed by atoms with van der Waals surface area (Å²) in [5.41, 5.74) is 10.4. The van der Waals surface area contributed by atoms with Gasteiger partial charge < -0.3 is 33.5 Å². The van der Waals surface area contributed by atoms with Gasteiger partial charge >= 0.3 is 6.09 Å². The second-order valence-corrected chi connectivity index (χ2v) is 17.4. The third-order valence-corrected chi connectivity index (χ3v) is 13.5. The molecule has 0 unspecified atom stereocenters. The molecule has 13 nitrogen and oxygen atoms in total. The van der Waals surface area contributed by atoms with Crippen molar-refractivity contribution in [2.24, 2.45) is 14.1 Å². The highest BCUT2D eigenvalue weighted by molar-refractivity contribution is 6.13. The van der Waals surface area contributed by atoms with Crippen molar-refractivity contribution in [2.75, 3.05) is 44.3 Å². The molecule has 3 amide bonds. The SMILES string of the molecule is Cc1ccc(OC(=O)N2CCc3cc(-c4cc(C(=O)N(c5ccc(O)cc5)c5cc(C#N)n(C)c5C)c(C)n4C)c(C(=O)N4Cc5ccccc5C[C@H]4CN4CCOCC4)cc3C2)cc1. The highest BCUT2D eigenvalue weighted by Crippen LogP contribution is 2.38. The molecule has 2 aromatic heterocycles. The van der Waals surface area contributed by atoms with Crippen LogP contribution in [0.1, 0.15) is 65.6 Å². The second kappa shape index (κ2) is 17.8. The molecule has 3 aliphatic rings. The Balaban J connectivity index is 1.14. The first-order chi connectivity index (χ1) is 31.4. The molecule has 332 valence electrons. The number of nitriles is 1. The lowest BCUT2D eigenvalue weighted by molar-refractivity contribution is 0.0193. The van der Waals surface area contributed by atoms with Crippen LogP contribution in [0.3, 0.4) is 0 Å². The maximum absolute atomic E-state index is 15.6. The van der Waals surface area contributed by atoms with Crippen molar-refractivity contribution < 1.29 is 29.0 Å². The number of phenols is 1. The van der Waals surface area contributed by atoms with E-state index < -0.39 is 6.09 Å². The number of hydrogen-bond acceptors (Lipinski definition) is 8. The average Bonchev–Trinajstić information content (AvgIpc) is 3.78. The minimum atomic E-state index is -0.454. The first kappa shape index (κ1) is 43.1. The fourth-order valence-corrected chi connectivity index (χ4v) is 9.43. The van der Waals surface area contributed by atoms with Crippen molar-refractivity contribution >= 4 is 29.3 Å². The van der Waals surface area contributed by atoms with Crippen molar-refractivity contribution in [2.45, 2.75) is 52.7 Å². The number of aryl methyl sites for hydroxylation is 1.